The van der Waals surface area contributed by atoms with Gasteiger partial charge >= 0.3 is 24.3 Å². The number of carboxylic acids is 2. The second-order valence-corrected chi connectivity index (χ2v) is 15.8. The van der Waals surface area contributed by atoms with E-state index in [1.165, 1.54) is 0 Å². The van der Waals surface area contributed by atoms with Gasteiger partial charge in [-0.05, 0) is 74.5 Å². The Bertz CT molecular complexity index is 2690. The molecule has 6 aromatic rings. The van der Waals surface area contributed by atoms with Gasteiger partial charge in [0.15, 0.2) is 0 Å². The van der Waals surface area contributed by atoms with Crippen molar-refractivity contribution in [1.82, 2.24) is 19.9 Å². The Hall–Kier alpha value is -6.27. The molecule has 1 radical (unpaired) electrons. The third kappa shape index (κ3) is 17.4. The average molecular weight is 1220 g/mol. The molecule has 24 heteroatoms. The van der Waals surface area contributed by atoms with E-state index >= 15 is 0 Å². The van der Waals surface area contributed by atoms with Crippen LogP contribution in [0.25, 0.3) is 33.9 Å². The summed E-state index contributed by atoms with van der Waals surface area (Å²) in [5.74, 6) is -7.76. The van der Waals surface area contributed by atoms with Crippen molar-refractivity contribution in [3.63, 3.8) is 0 Å². The van der Waals surface area contributed by atoms with E-state index in [-0.39, 0.29) is 39.1 Å². The minimum Gasteiger partial charge on any atom is -0.478 e. The van der Waals surface area contributed by atoms with E-state index in [1.54, 1.807) is 19.5 Å². The maximum atomic E-state index is 13.5. The molecule has 0 aliphatic rings. The summed E-state index contributed by atoms with van der Waals surface area (Å²) in [6, 6.07) is 15.9. The van der Waals surface area contributed by atoms with Gasteiger partial charge in [-0.1, -0.05) is 35.4 Å². The first-order valence-electron chi connectivity index (χ1n) is 20.9. The van der Waals surface area contributed by atoms with Gasteiger partial charge < -0.3 is 44.2 Å². The molecule has 4 aromatic heterocycles. The molecule has 73 heavy (non-hydrogen) atoms. The first-order chi connectivity index (χ1) is 33.7. The van der Waals surface area contributed by atoms with Gasteiger partial charge in [-0.25, -0.2) is 9.59 Å². The van der Waals surface area contributed by atoms with E-state index in [4.69, 9.17) is 34.3 Å². The van der Waals surface area contributed by atoms with Crippen molar-refractivity contribution in [2.45, 2.75) is 51.2 Å². The van der Waals surface area contributed by atoms with Gasteiger partial charge in [-0.15, -0.1) is 24.3 Å². The summed E-state index contributed by atoms with van der Waals surface area (Å²) in [6.07, 6.45) is -5.69. The smallest absolute Gasteiger partial charge is 0.418 e. The molecule has 0 saturated carbocycles. The molecule has 0 atom stereocenters. The molecule has 0 amide bonds. The number of aliphatic hydroxyl groups is 1. The number of aliphatic hydroxyl groups excluding tert-OH is 1. The Morgan fingerprint density at radius 1 is 0.575 bits per heavy atom. The van der Waals surface area contributed by atoms with Gasteiger partial charge in [-0.3, -0.25) is 27.5 Å². The molecule has 0 aliphatic carbocycles. The van der Waals surface area contributed by atoms with Crippen LogP contribution >= 0.6 is 0 Å². The molecule has 3 N–H and O–H groups in total. The largest absolute Gasteiger partial charge is 0.478 e. The number of pyridine rings is 4. The first kappa shape index (κ1) is 61.0. The number of hydrogen-bond acceptors (Lipinski definition) is 11. The molecule has 0 fully saturated rings. The molecule has 13 nitrogen and oxygen atoms in total. The molecule has 395 valence electrons. The Morgan fingerprint density at radius 3 is 1.34 bits per heavy atom. The standard InChI is InChI=1S/C23H34N2O5.2C13H5F5NO2.Ir/c1-22(2,27-5)18-6-8-24-20(16-18)21-17-19(7-9-25-21)23(3,4)30-15-14-29-13-12-28-11-10-26;2*14-6-1-2-7(10(15)3-6)11-4-8(12(20)21)9(5-19-11)13(16,17)18;/h6-9,16-17,26H,10-15H2,1-5H3;2*1,3-5H,(H,20,21);/q;2*-1;. The van der Waals surface area contributed by atoms with E-state index in [0.29, 0.717) is 57.3 Å². The third-order valence-corrected chi connectivity index (χ3v) is 10.1. The summed E-state index contributed by atoms with van der Waals surface area (Å²) in [6.45, 7) is 10.3. The third-order valence-electron chi connectivity index (χ3n) is 10.1. The predicted octanol–water partition coefficient (Wildman–Crippen LogP) is 10.4. The zero-order chi connectivity index (χ0) is 53.6. The number of aromatic carboxylic acids is 2. The zero-order valence-electron chi connectivity index (χ0n) is 39.0. The molecule has 0 bridgehead atoms. The van der Waals surface area contributed by atoms with Crippen LogP contribution in [0.3, 0.4) is 0 Å². The number of halogens is 10. The quantitative estimate of drug-likeness (QED) is 0.0446. The Morgan fingerprint density at radius 2 is 0.973 bits per heavy atom. The van der Waals surface area contributed by atoms with Crippen LogP contribution in [0.5, 0.6) is 0 Å². The maximum Gasteiger partial charge on any atom is 0.418 e. The molecule has 0 spiro atoms. The van der Waals surface area contributed by atoms with E-state index in [2.05, 4.69) is 32.1 Å². The Kier molecular flexibility index (Phi) is 22.2. The normalized spacial score (nSPS) is 11.7. The van der Waals surface area contributed by atoms with Gasteiger partial charge in [0, 0.05) is 75.3 Å². The molecule has 0 aliphatic heterocycles. The van der Waals surface area contributed by atoms with Gasteiger partial charge in [0.1, 0.15) is 0 Å². The summed E-state index contributed by atoms with van der Waals surface area (Å²) in [5, 5.41) is 26.3. The number of methoxy groups -OCH3 is 1. The monoisotopic (exact) mass is 1220 g/mol. The predicted molar refractivity (Wildman–Crippen MR) is 236 cm³/mol. The van der Waals surface area contributed by atoms with Gasteiger partial charge in [-0.2, -0.15) is 26.3 Å². The summed E-state index contributed by atoms with van der Waals surface area (Å²) < 4.78 is 151. The number of ether oxygens (including phenoxy) is 4. The second-order valence-electron chi connectivity index (χ2n) is 15.8. The number of alkyl halides is 6. The van der Waals surface area contributed by atoms with Gasteiger partial charge in [0.05, 0.1) is 84.5 Å². The van der Waals surface area contributed by atoms with Crippen molar-refractivity contribution in [2.24, 2.45) is 0 Å². The van der Waals surface area contributed by atoms with E-state index < -0.39 is 104 Å². The van der Waals surface area contributed by atoms with Crippen LogP contribution in [0, 0.1) is 35.4 Å². The summed E-state index contributed by atoms with van der Waals surface area (Å²) in [5.41, 5.74) is -3.97. The fourth-order valence-electron chi connectivity index (χ4n) is 6.11. The number of benzene rings is 2. The van der Waals surface area contributed by atoms with Crippen LogP contribution in [0.4, 0.5) is 43.9 Å². The minimum atomic E-state index is -4.91. The number of carbonyl (C=O) groups is 2. The van der Waals surface area contributed by atoms with Crippen LogP contribution in [0.1, 0.15) is 70.7 Å². The van der Waals surface area contributed by atoms with Crippen molar-refractivity contribution in [3.8, 4) is 33.9 Å². The van der Waals surface area contributed by atoms with Crippen LogP contribution in [-0.4, -0.2) is 93.9 Å². The number of carboxylic acid groups (broad SMARTS) is 2. The second kappa shape index (κ2) is 26.6. The SMILES string of the molecule is COC(C)(C)c1ccnc(-c2cc(C(C)(C)OCCOCCOCCO)ccn2)c1.O=C(O)c1cc(-c2[c-]cc(F)cc2F)ncc1C(F)(F)F.O=C(O)c1cc(-c2[c-]cc(F)cc2F)ncc1C(F)(F)F.[Ir]. The molecule has 0 saturated heterocycles. The molecular formula is C49H44F10IrN4O9-2. The maximum absolute atomic E-state index is 13.5. The van der Waals surface area contributed by atoms with E-state index in [0.717, 1.165) is 34.6 Å². The Labute approximate surface area is 424 Å². The van der Waals surface area contributed by atoms with Crippen LogP contribution < -0.4 is 0 Å². The van der Waals surface area contributed by atoms with Crippen molar-refractivity contribution < 1.29 is 108 Å². The van der Waals surface area contributed by atoms with Crippen LogP contribution in [-0.2, 0) is 62.6 Å². The number of aromatic nitrogens is 4. The summed E-state index contributed by atoms with van der Waals surface area (Å²) in [4.78, 5) is 37.5. The summed E-state index contributed by atoms with van der Waals surface area (Å²) in [7, 11) is 1.70. The van der Waals surface area contributed by atoms with Crippen LogP contribution in [0.15, 0.2) is 85.5 Å². The number of rotatable bonds is 17. The molecule has 2 aromatic carbocycles. The number of nitrogens with zero attached hydrogens (tertiary/aromatic N) is 4. The molecular weight excluding hydrogens is 1170 g/mol. The molecule has 6 rings (SSSR count). The topological polar surface area (TPSA) is 183 Å². The van der Waals surface area contributed by atoms with Crippen molar-refractivity contribution in [3.05, 3.63) is 154 Å². The van der Waals surface area contributed by atoms with E-state index in [1.807, 2.05) is 52.0 Å². The average Bonchev–Trinajstić information content (AvgIpc) is 3.32. The van der Waals surface area contributed by atoms with Crippen LogP contribution in [0.2, 0.25) is 0 Å². The van der Waals surface area contributed by atoms with Crippen molar-refractivity contribution in [2.75, 3.05) is 46.8 Å². The Balaban J connectivity index is 0.000000294. The fourth-order valence-corrected chi connectivity index (χ4v) is 6.11. The zero-order valence-corrected chi connectivity index (χ0v) is 41.4. The van der Waals surface area contributed by atoms with Crippen molar-refractivity contribution >= 4 is 11.9 Å². The number of hydrogen-bond donors (Lipinski definition) is 3. The summed E-state index contributed by atoms with van der Waals surface area (Å²) >= 11 is 0. The minimum absolute atomic E-state index is 0. The molecule has 0 unspecified atom stereocenters. The van der Waals surface area contributed by atoms with E-state index in [9.17, 15) is 53.5 Å². The molecule has 4 heterocycles. The van der Waals surface area contributed by atoms with Gasteiger partial charge in [0.2, 0.25) is 0 Å². The van der Waals surface area contributed by atoms with Crippen molar-refractivity contribution in [1.29, 1.82) is 0 Å². The van der Waals surface area contributed by atoms with Gasteiger partial charge in [0.25, 0.3) is 0 Å². The first-order valence-corrected chi connectivity index (χ1v) is 20.9. The fraction of sp³-hybridized carbons (Fsp3) is 0.306.